The number of aryl methyl sites for hydroxylation is 2. The first-order valence-electron chi connectivity index (χ1n) is 8.87. The van der Waals surface area contributed by atoms with Crippen molar-refractivity contribution in [1.82, 2.24) is 15.2 Å². The number of rotatable bonds is 6. The number of nitrogens with zero attached hydrogens (tertiary/aromatic N) is 3. The molecule has 0 bridgehead atoms. The summed E-state index contributed by atoms with van der Waals surface area (Å²) in [7, 11) is 1.46. The van der Waals surface area contributed by atoms with Crippen molar-refractivity contribution in [3.8, 4) is 11.5 Å². The van der Waals surface area contributed by atoms with Crippen LogP contribution in [0.2, 0.25) is 0 Å². The van der Waals surface area contributed by atoms with Crippen LogP contribution < -0.4 is 10.2 Å². The molecule has 7 nitrogen and oxygen atoms in total. The Kier molecular flexibility index (Phi) is 6.33. The lowest BCUT2D eigenvalue weighted by Gasteiger charge is -2.07. The Labute approximate surface area is 177 Å². The molecule has 0 radical (unpaired) electrons. The molecule has 0 aliphatic heterocycles. The number of carbonyl (C=O) groups excluding carboxylic acids is 1. The molecule has 0 saturated carbocycles. The summed E-state index contributed by atoms with van der Waals surface area (Å²) in [6.07, 6.45) is 1.36. The summed E-state index contributed by atoms with van der Waals surface area (Å²) in [4.78, 5) is 12.3. The number of aromatic nitrogens is 2. The van der Waals surface area contributed by atoms with Gasteiger partial charge in [0.15, 0.2) is 11.5 Å². The molecule has 29 heavy (non-hydrogen) atoms. The number of phenols is 1. The summed E-state index contributed by atoms with van der Waals surface area (Å²) in [5, 5.41) is 18.5. The van der Waals surface area contributed by atoms with Crippen molar-refractivity contribution in [2.75, 3.05) is 7.11 Å². The predicted octanol–water partition coefficient (Wildman–Crippen LogP) is 3.79. The lowest BCUT2D eigenvalue weighted by Crippen LogP contribution is -2.17. The van der Waals surface area contributed by atoms with Gasteiger partial charge in [0.1, 0.15) is 0 Å². The van der Waals surface area contributed by atoms with Crippen LogP contribution in [-0.2, 0) is 6.54 Å². The molecule has 0 spiro atoms. The highest BCUT2D eigenvalue weighted by Gasteiger charge is 2.09. The van der Waals surface area contributed by atoms with Gasteiger partial charge >= 0.3 is 0 Å². The van der Waals surface area contributed by atoms with Gasteiger partial charge in [-0.25, -0.2) is 5.43 Å². The molecule has 0 saturated heterocycles. The van der Waals surface area contributed by atoms with E-state index >= 15 is 0 Å². The van der Waals surface area contributed by atoms with Gasteiger partial charge in [-0.05, 0) is 49.7 Å². The van der Waals surface area contributed by atoms with E-state index in [1.54, 1.807) is 24.3 Å². The molecule has 2 aromatic carbocycles. The fourth-order valence-corrected chi connectivity index (χ4v) is 3.30. The second-order valence-electron chi connectivity index (χ2n) is 6.53. The fraction of sp³-hybridized carbons (Fsp3) is 0.190. The second kappa shape index (κ2) is 8.91. The van der Waals surface area contributed by atoms with Crippen molar-refractivity contribution in [1.29, 1.82) is 0 Å². The number of benzene rings is 2. The minimum absolute atomic E-state index is 0.0535. The average Bonchev–Trinajstić information content (AvgIpc) is 3.01. The first kappa shape index (κ1) is 20.6. The van der Waals surface area contributed by atoms with Crippen molar-refractivity contribution >= 4 is 28.1 Å². The number of hydrogen-bond donors (Lipinski definition) is 2. The molecule has 0 fully saturated rings. The Morgan fingerprint density at radius 3 is 2.62 bits per heavy atom. The van der Waals surface area contributed by atoms with Gasteiger partial charge in [0.05, 0.1) is 25.6 Å². The molecule has 0 aliphatic carbocycles. The highest BCUT2D eigenvalue weighted by molar-refractivity contribution is 9.10. The minimum atomic E-state index is -0.347. The van der Waals surface area contributed by atoms with E-state index in [1.165, 1.54) is 13.3 Å². The zero-order valence-corrected chi connectivity index (χ0v) is 17.9. The number of amides is 1. The van der Waals surface area contributed by atoms with Gasteiger partial charge < -0.3 is 9.84 Å². The summed E-state index contributed by atoms with van der Waals surface area (Å²) in [5.41, 5.74) is 6.46. The molecular formula is C21H21BrN4O3. The summed E-state index contributed by atoms with van der Waals surface area (Å²) in [6.45, 7) is 4.61. The highest BCUT2D eigenvalue weighted by Crippen LogP contribution is 2.32. The monoisotopic (exact) mass is 456 g/mol. The SMILES string of the molecule is COc1cc(Br)cc(C=NNC(=O)c2ccc(Cn3nc(C)cc3C)cc2)c1O. The Balaban J connectivity index is 1.65. The lowest BCUT2D eigenvalue weighted by atomic mass is 10.1. The molecule has 0 aliphatic rings. The van der Waals surface area contributed by atoms with Crippen molar-refractivity contribution < 1.29 is 14.6 Å². The molecule has 0 unspecified atom stereocenters. The van der Waals surface area contributed by atoms with E-state index in [-0.39, 0.29) is 11.7 Å². The van der Waals surface area contributed by atoms with Gasteiger partial charge in [-0.15, -0.1) is 0 Å². The van der Waals surface area contributed by atoms with Crippen LogP contribution >= 0.6 is 15.9 Å². The molecule has 2 N–H and O–H groups in total. The number of carbonyl (C=O) groups is 1. The number of ether oxygens (including phenoxy) is 1. The summed E-state index contributed by atoms with van der Waals surface area (Å²) < 4.78 is 7.73. The highest BCUT2D eigenvalue weighted by atomic mass is 79.9. The number of hydrazone groups is 1. The van der Waals surface area contributed by atoms with Gasteiger partial charge in [-0.2, -0.15) is 10.2 Å². The Hall–Kier alpha value is -3.13. The van der Waals surface area contributed by atoms with Crippen LogP contribution in [0, 0.1) is 13.8 Å². The standard InChI is InChI=1S/C21H21BrN4O3/c1-13-8-14(2)26(25-13)12-15-4-6-16(7-5-15)21(28)24-23-11-17-9-18(22)10-19(29-3)20(17)27/h4-11,27H,12H2,1-3H3,(H,24,28). The zero-order valence-electron chi connectivity index (χ0n) is 16.3. The third kappa shape index (κ3) is 5.03. The first-order valence-corrected chi connectivity index (χ1v) is 9.66. The van der Waals surface area contributed by atoms with E-state index < -0.39 is 0 Å². The Morgan fingerprint density at radius 1 is 1.28 bits per heavy atom. The quantitative estimate of drug-likeness (QED) is 0.436. The first-order chi connectivity index (χ1) is 13.9. The Morgan fingerprint density at radius 2 is 2.00 bits per heavy atom. The molecule has 1 amide bonds. The maximum absolute atomic E-state index is 12.3. The van der Waals surface area contributed by atoms with E-state index in [0.717, 1.165) is 21.4 Å². The minimum Gasteiger partial charge on any atom is -0.504 e. The number of hydrogen-bond acceptors (Lipinski definition) is 5. The smallest absolute Gasteiger partial charge is 0.271 e. The number of halogens is 1. The summed E-state index contributed by atoms with van der Waals surface area (Å²) >= 11 is 3.34. The summed E-state index contributed by atoms with van der Waals surface area (Å²) in [5.74, 6) is -0.0899. The molecule has 3 aromatic rings. The van der Waals surface area contributed by atoms with E-state index in [2.05, 4.69) is 31.6 Å². The van der Waals surface area contributed by atoms with Crippen LogP contribution in [0.4, 0.5) is 0 Å². The van der Waals surface area contributed by atoms with Crippen molar-refractivity contribution in [2.45, 2.75) is 20.4 Å². The van der Waals surface area contributed by atoms with E-state index in [4.69, 9.17) is 4.74 Å². The maximum atomic E-state index is 12.3. The normalized spacial score (nSPS) is 11.0. The predicted molar refractivity (Wildman–Crippen MR) is 115 cm³/mol. The van der Waals surface area contributed by atoms with E-state index in [9.17, 15) is 9.90 Å². The van der Waals surface area contributed by atoms with Crippen LogP contribution in [0.25, 0.3) is 0 Å². The Bertz CT molecular complexity index is 1060. The van der Waals surface area contributed by atoms with E-state index in [1.807, 2.05) is 36.7 Å². The lowest BCUT2D eigenvalue weighted by molar-refractivity contribution is 0.0955. The molecule has 1 aromatic heterocycles. The molecule has 3 rings (SSSR count). The van der Waals surface area contributed by atoms with Gasteiger partial charge in [0, 0.05) is 21.3 Å². The average molecular weight is 457 g/mol. The van der Waals surface area contributed by atoms with Crippen LogP contribution in [0.3, 0.4) is 0 Å². The van der Waals surface area contributed by atoms with Gasteiger partial charge in [-0.3, -0.25) is 9.48 Å². The fourth-order valence-electron chi connectivity index (χ4n) is 2.84. The van der Waals surface area contributed by atoms with Crippen molar-refractivity contribution in [3.05, 3.63) is 75.0 Å². The number of methoxy groups -OCH3 is 1. The van der Waals surface area contributed by atoms with Gasteiger partial charge in [0.25, 0.3) is 5.91 Å². The number of phenolic OH excluding ortho intramolecular Hbond substituents is 1. The molecule has 8 heteroatoms. The van der Waals surface area contributed by atoms with Crippen LogP contribution in [0.1, 0.15) is 32.9 Å². The molecule has 0 atom stereocenters. The van der Waals surface area contributed by atoms with Crippen molar-refractivity contribution in [2.24, 2.45) is 5.10 Å². The third-order valence-electron chi connectivity index (χ3n) is 4.31. The maximum Gasteiger partial charge on any atom is 0.271 e. The number of aromatic hydroxyl groups is 1. The third-order valence-corrected chi connectivity index (χ3v) is 4.77. The zero-order chi connectivity index (χ0) is 21.0. The molecule has 150 valence electrons. The topological polar surface area (TPSA) is 88.7 Å². The van der Waals surface area contributed by atoms with Crippen molar-refractivity contribution in [3.63, 3.8) is 0 Å². The van der Waals surface area contributed by atoms with Crippen LogP contribution in [0.5, 0.6) is 11.5 Å². The van der Waals surface area contributed by atoms with Gasteiger partial charge in [-0.1, -0.05) is 28.1 Å². The number of nitrogens with one attached hydrogen (secondary N) is 1. The molecular weight excluding hydrogens is 436 g/mol. The molecule has 1 heterocycles. The summed E-state index contributed by atoms with van der Waals surface area (Å²) in [6, 6.07) is 12.6. The second-order valence-corrected chi connectivity index (χ2v) is 7.44. The van der Waals surface area contributed by atoms with Crippen LogP contribution in [-0.4, -0.2) is 34.1 Å². The largest absolute Gasteiger partial charge is 0.504 e. The van der Waals surface area contributed by atoms with E-state index in [0.29, 0.717) is 23.4 Å². The van der Waals surface area contributed by atoms with Crippen LogP contribution in [0.15, 0.2) is 52.0 Å². The van der Waals surface area contributed by atoms with Gasteiger partial charge in [0.2, 0.25) is 0 Å².